The van der Waals surface area contributed by atoms with Gasteiger partial charge in [-0.2, -0.15) is 0 Å². The number of carbonyl (C=O) groups is 1. The van der Waals surface area contributed by atoms with E-state index < -0.39 is 5.97 Å². The highest BCUT2D eigenvalue weighted by Gasteiger charge is 2.21. The fourth-order valence-electron chi connectivity index (χ4n) is 3.12. The van der Waals surface area contributed by atoms with Crippen molar-refractivity contribution in [2.24, 2.45) is 0 Å². The van der Waals surface area contributed by atoms with Gasteiger partial charge in [-0.25, -0.2) is 4.79 Å². The van der Waals surface area contributed by atoms with Crippen LogP contribution in [0.25, 0.3) is 0 Å². The topological polar surface area (TPSA) is 44.8 Å². The Morgan fingerprint density at radius 3 is 2.54 bits per heavy atom. The number of rotatable bonds is 6. The van der Waals surface area contributed by atoms with Gasteiger partial charge in [0.1, 0.15) is 6.61 Å². The van der Waals surface area contributed by atoms with Crippen LogP contribution >= 0.6 is 11.6 Å². The van der Waals surface area contributed by atoms with Crippen LogP contribution in [0.15, 0.2) is 42.5 Å². The monoisotopic (exact) mass is 374 g/mol. The van der Waals surface area contributed by atoms with Crippen molar-refractivity contribution in [3.05, 3.63) is 58.6 Å². The third-order valence-electron chi connectivity index (χ3n) is 4.50. The van der Waals surface area contributed by atoms with E-state index in [4.69, 9.17) is 25.8 Å². The van der Waals surface area contributed by atoms with E-state index in [1.54, 1.807) is 12.1 Å². The summed E-state index contributed by atoms with van der Waals surface area (Å²) in [5.74, 6) is 0.518. The number of methoxy groups -OCH3 is 1. The second-order valence-corrected chi connectivity index (χ2v) is 6.84. The summed E-state index contributed by atoms with van der Waals surface area (Å²) in [6.07, 6.45) is 5.65. The number of benzene rings is 2. The van der Waals surface area contributed by atoms with Crippen molar-refractivity contribution in [3.63, 3.8) is 0 Å². The number of esters is 1. The third-order valence-corrected chi connectivity index (χ3v) is 4.78. The highest BCUT2D eigenvalue weighted by Crippen LogP contribution is 2.39. The van der Waals surface area contributed by atoms with Crippen molar-refractivity contribution in [1.82, 2.24) is 0 Å². The predicted molar refractivity (Wildman–Crippen MR) is 101 cm³/mol. The molecule has 1 saturated carbocycles. The number of ether oxygens (including phenoxy) is 3. The van der Waals surface area contributed by atoms with Gasteiger partial charge < -0.3 is 14.2 Å². The Hall–Kier alpha value is -2.20. The molecule has 0 radical (unpaired) electrons. The molecule has 3 rings (SSSR count). The third kappa shape index (κ3) is 4.70. The molecule has 0 heterocycles. The Balaban J connectivity index is 1.85. The van der Waals surface area contributed by atoms with Gasteiger partial charge in [0.15, 0.2) is 11.5 Å². The zero-order valence-corrected chi connectivity index (χ0v) is 15.6. The minimum absolute atomic E-state index is 0.117. The molecule has 26 heavy (non-hydrogen) atoms. The molecule has 1 aliphatic carbocycles. The number of hydrogen-bond acceptors (Lipinski definition) is 4. The molecule has 0 spiro atoms. The summed E-state index contributed by atoms with van der Waals surface area (Å²) >= 11 is 6.41. The standard InChI is InChI=1S/C21H23ClO4/c1-24-21(23)16-12-18(22)20(25-14-15-8-4-2-5-9-15)19(13-16)26-17-10-6-3-7-11-17/h2,4-5,8-9,12-13,17H,3,6-7,10-11,14H2,1H3. The molecule has 0 atom stereocenters. The smallest absolute Gasteiger partial charge is 0.338 e. The molecule has 1 aliphatic rings. The summed E-state index contributed by atoms with van der Waals surface area (Å²) in [5, 5.41) is 0.342. The lowest BCUT2D eigenvalue weighted by atomic mass is 9.98. The Bertz CT molecular complexity index is 739. The first-order valence-corrected chi connectivity index (χ1v) is 9.30. The highest BCUT2D eigenvalue weighted by atomic mass is 35.5. The van der Waals surface area contributed by atoms with E-state index in [9.17, 15) is 4.79 Å². The van der Waals surface area contributed by atoms with Gasteiger partial charge in [0.25, 0.3) is 0 Å². The fraction of sp³-hybridized carbons (Fsp3) is 0.381. The molecule has 4 nitrogen and oxygen atoms in total. The maximum atomic E-state index is 11.9. The maximum Gasteiger partial charge on any atom is 0.338 e. The first-order valence-electron chi connectivity index (χ1n) is 8.92. The van der Waals surface area contributed by atoms with E-state index in [1.165, 1.54) is 13.5 Å². The lowest BCUT2D eigenvalue weighted by Crippen LogP contribution is -2.20. The van der Waals surface area contributed by atoms with Crippen LogP contribution in [0.5, 0.6) is 11.5 Å². The fourth-order valence-corrected chi connectivity index (χ4v) is 3.39. The van der Waals surface area contributed by atoms with Crippen molar-refractivity contribution < 1.29 is 19.0 Å². The normalized spacial score (nSPS) is 14.7. The van der Waals surface area contributed by atoms with Gasteiger partial charge in [0, 0.05) is 0 Å². The molecule has 2 aromatic carbocycles. The Morgan fingerprint density at radius 2 is 1.85 bits per heavy atom. The lowest BCUT2D eigenvalue weighted by molar-refractivity contribution is 0.0599. The number of halogens is 1. The molecule has 2 aromatic rings. The van der Waals surface area contributed by atoms with E-state index >= 15 is 0 Å². The molecule has 138 valence electrons. The van der Waals surface area contributed by atoms with E-state index in [-0.39, 0.29) is 6.10 Å². The van der Waals surface area contributed by atoms with Gasteiger partial charge in [-0.15, -0.1) is 0 Å². The van der Waals surface area contributed by atoms with Gasteiger partial charge in [-0.05, 0) is 43.4 Å². The van der Waals surface area contributed by atoms with Crippen LogP contribution < -0.4 is 9.47 Å². The van der Waals surface area contributed by atoms with Crippen LogP contribution in [-0.4, -0.2) is 19.2 Å². The van der Waals surface area contributed by atoms with Gasteiger partial charge in [0.05, 0.1) is 23.8 Å². The maximum absolute atomic E-state index is 11.9. The largest absolute Gasteiger partial charge is 0.486 e. The Morgan fingerprint density at radius 1 is 1.12 bits per heavy atom. The minimum Gasteiger partial charge on any atom is -0.486 e. The van der Waals surface area contributed by atoms with Crippen LogP contribution in [0.1, 0.15) is 48.0 Å². The quantitative estimate of drug-likeness (QED) is 0.633. The molecule has 0 amide bonds. The van der Waals surface area contributed by atoms with Crippen LogP contribution in [-0.2, 0) is 11.3 Å². The van der Waals surface area contributed by atoms with Crippen molar-refractivity contribution >= 4 is 17.6 Å². The van der Waals surface area contributed by atoms with E-state index in [2.05, 4.69) is 0 Å². The zero-order chi connectivity index (χ0) is 18.4. The van der Waals surface area contributed by atoms with E-state index in [1.807, 2.05) is 30.3 Å². The zero-order valence-electron chi connectivity index (χ0n) is 14.9. The average molecular weight is 375 g/mol. The molecule has 0 unspecified atom stereocenters. The van der Waals surface area contributed by atoms with Gasteiger partial charge in [-0.1, -0.05) is 48.4 Å². The van der Waals surface area contributed by atoms with Crippen LogP contribution in [0.3, 0.4) is 0 Å². The van der Waals surface area contributed by atoms with E-state index in [0.717, 1.165) is 31.2 Å². The molecule has 0 aromatic heterocycles. The molecular weight excluding hydrogens is 352 g/mol. The van der Waals surface area contributed by atoms with Crippen molar-refractivity contribution in [1.29, 1.82) is 0 Å². The average Bonchev–Trinajstić information content (AvgIpc) is 2.68. The first-order chi connectivity index (χ1) is 12.7. The minimum atomic E-state index is -0.449. The van der Waals surface area contributed by atoms with E-state index in [0.29, 0.717) is 28.7 Å². The molecule has 0 N–H and O–H groups in total. The molecule has 5 heteroatoms. The molecule has 1 fully saturated rings. The Kier molecular flexibility index (Phi) is 6.40. The summed E-state index contributed by atoms with van der Waals surface area (Å²) in [5.41, 5.74) is 1.39. The summed E-state index contributed by atoms with van der Waals surface area (Å²) in [6, 6.07) is 13.1. The van der Waals surface area contributed by atoms with Gasteiger partial charge >= 0.3 is 5.97 Å². The van der Waals surface area contributed by atoms with Gasteiger partial charge in [0.2, 0.25) is 0 Å². The van der Waals surface area contributed by atoms with Crippen molar-refractivity contribution in [2.75, 3.05) is 7.11 Å². The summed E-state index contributed by atoms with van der Waals surface area (Å²) < 4.78 is 16.9. The Labute approximate surface area is 159 Å². The van der Waals surface area contributed by atoms with Crippen LogP contribution in [0.2, 0.25) is 5.02 Å². The molecule has 0 bridgehead atoms. The van der Waals surface area contributed by atoms with Crippen molar-refractivity contribution in [2.45, 2.75) is 44.8 Å². The van der Waals surface area contributed by atoms with Crippen LogP contribution in [0, 0.1) is 0 Å². The van der Waals surface area contributed by atoms with Crippen LogP contribution in [0.4, 0.5) is 0 Å². The summed E-state index contributed by atoms with van der Waals surface area (Å²) in [4.78, 5) is 11.9. The highest BCUT2D eigenvalue weighted by molar-refractivity contribution is 6.32. The lowest BCUT2D eigenvalue weighted by Gasteiger charge is -2.25. The number of carbonyl (C=O) groups excluding carboxylic acids is 1. The molecular formula is C21H23ClO4. The number of hydrogen-bond donors (Lipinski definition) is 0. The second kappa shape index (κ2) is 8.95. The second-order valence-electron chi connectivity index (χ2n) is 6.43. The summed E-state index contributed by atoms with van der Waals surface area (Å²) in [7, 11) is 1.34. The predicted octanol–water partition coefficient (Wildman–Crippen LogP) is 5.42. The van der Waals surface area contributed by atoms with Crippen molar-refractivity contribution in [3.8, 4) is 11.5 Å². The first kappa shape index (κ1) is 18.6. The van der Waals surface area contributed by atoms with Gasteiger partial charge in [-0.3, -0.25) is 0 Å². The molecule has 0 saturated heterocycles. The summed E-state index contributed by atoms with van der Waals surface area (Å²) in [6.45, 7) is 0.374. The SMILES string of the molecule is COC(=O)c1cc(Cl)c(OCc2ccccc2)c(OC2CCCCC2)c1. The molecule has 0 aliphatic heterocycles.